The van der Waals surface area contributed by atoms with Gasteiger partial charge in [0, 0.05) is 24.3 Å². The Kier molecular flexibility index (Phi) is 4.32. The lowest BCUT2D eigenvalue weighted by Gasteiger charge is -2.05. The molecule has 2 aromatic rings. The van der Waals surface area contributed by atoms with Crippen LogP contribution in [0.15, 0.2) is 16.7 Å². The highest BCUT2D eigenvalue weighted by atomic mass is 35.5. The molecule has 4 nitrogen and oxygen atoms in total. The van der Waals surface area contributed by atoms with E-state index in [1.807, 2.05) is 20.0 Å². The van der Waals surface area contributed by atoms with Crippen LogP contribution in [0, 0.1) is 13.8 Å². The van der Waals surface area contributed by atoms with Gasteiger partial charge in [0.2, 0.25) is 0 Å². The zero-order chi connectivity index (χ0) is 14.0. The largest absolute Gasteiger partial charge is 0.464 e. The standard InChI is InChI=1S/C14H20ClN3O/c1-9(2)16-6-12-5-13(19-11(12)4)7-18-8-14(15)10(3)17-18/h5,8-9,16H,6-7H2,1-4H3. The minimum atomic E-state index is 0.463. The molecule has 0 fully saturated rings. The van der Waals surface area contributed by atoms with E-state index in [9.17, 15) is 0 Å². The second kappa shape index (κ2) is 5.80. The summed E-state index contributed by atoms with van der Waals surface area (Å²) >= 11 is 5.99. The lowest BCUT2D eigenvalue weighted by atomic mass is 10.2. The Morgan fingerprint density at radius 3 is 2.74 bits per heavy atom. The van der Waals surface area contributed by atoms with Crippen LogP contribution in [-0.2, 0) is 13.1 Å². The van der Waals surface area contributed by atoms with Crippen molar-refractivity contribution in [1.82, 2.24) is 15.1 Å². The molecule has 0 aliphatic carbocycles. The van der Waals surface area contributed by atoms with E-state index in [2.05, 4.69) is 30.3 Å². The number of hydrogen-bond acceptors (Lipinski definition) is 3. The first-order valence-corrected chi connectivity index (χ1v) is 6.84. The van der Waals surface area contributed by atoms with E-state index in [4.69, 9.17) is 16.0 Å². The zero-order valence-electron chi connectivity index (χ0n) is 11.8. The summed E-state index contributed by atoms with van der Waals surface area (Å²) < 4.78 is 7.56. The molecule has 104 valence electrons. The minimum absolute atomic E-state index is 0.463. The molecule has 0 saturated carbocycles. The molecule has 19 heavy (non-hydrogen) atoms. The van der Waals surface area contributed by atoms with Crippen molar-refractivity contribution in [2.75, 3.05) is 0 Å². The van der Waals surface area contributed by atoms with Crippen molar-refractivity contribution >= 4 is 11.6 Å². The van der Waals surface area contributed by atoms with Crippen molar-refractivity contribution < 1.29 is 4.42 Å². The van der Waals surface area contributed by atoms with Crippen LogP contribution in [0.5, 0.6) is 0 Å². The molecular formula is C14H20ClN3O. The van der Waals surface area contributed by atoms with Gasteiger partial charge in [0.05, 0.1) is 17.3 Å². The van der Waals surface area contributed by atoms with Crippen LogP contribution in [0.1, 0.15) is 36.6 Å². The molecule has 2 aromatic heterocycles. The number of rotatable bonds is 5. The maximum Gasteiger partial charge on any atom is 0.125 e. The van der Waals surface area contributed by atoms with E-state index in [1.54, 1.807) is 4.68 Å². The number of hydrogen-bond donors (Lipinski definition) is 1. The fourth-order valence-electron chi connectivity index (χ4n) is 1.89. The van der Waals surface area contributed by atoms with Crippen molar-refractivity contribution in [1.29, 1.82) is 0 Å². The number of furan rings is 1. The first-order chi connectivity index (χ1) is 8.95. The first-order valence-electron chi connectivity index (χ1n) is 6.47. The molecule has 2 rings (SSSR count). The summed E-state index contributed by atoms with van der Waals surface area (Å²) in [7, 11) is 0. The second-order valence-corrected chi connectivity index (χ2v) is 5.50. The third-order valence-corrected chi connectivity index (χ3v) is 3.35. The van der Waals surface area contributed by atoms with Gasteiger partial charge in [-0.25, -0.2) is 0 Å². The van der Waals surface area contributed by atoms with Gasteiger partial charge in [0.15, 0.2) is 0 Å². The predicted octanol–water partition coefficient (Wildman–Crippen LogP) is 3.29. The number of nitrogens with zero attached hydrogens (tertiary/aromatic N) is 2. The van der Waals surface area contributed by atoms with E-state index in [1.165, 1.54) is 5.56 Å². The average Bonchev–Trinajstić information content (AvgIpc) is 2.80. The van der Waals surface area contributed by atoms with Gasteiger partial charge in [-0.1, -0.05) is 25.4 Å². The Morgan fingerprint density at radius 1 is 1.42 bits per heavy atom. The van der Waals surface area contributed by atoms with Crippen molar-refractivity contribution in [3.63, 3.8) is 0 Å². The van der Waals surface area contributed by atoms with Crippen molar-refractivity contribution in [2.24, 2.45) is 0 Å². The third kappa shape index (κ3) is 3.61. The van der Waals surface area contributed by atoms with Gasteiger partial charge in [-0.15, -0.1) is 0 Å². The molecule has 0 amide bonds. The molecular weight excluding hydrogens is 262 g/mol. The molecule has 0 radical (unpaired) electrons. The van der Waals surface area contributed by atoms with E-state index < -0.39 is 0 Å². The minimum Gasteiger partial charge on any atom is -0.464 e. The summed E-state index contributed by atoms with van der Waals surface area (Å²) in [5, 5.41) is 8.40. The highest BCUT2D eigenvalue weighted by Crippen LogP contribution is 2.18. The van der Waals surface area contributed by atoms with E-state index in [0.717, 1.165) is 23.8 Å². The molecule has 0 atom stereocenters. The molecule has 0 spiro atoms. The van der Waals surface area contributed by atoms with Gasteiger partial charge in [0.1, 0.15) is 11.5 Å². The van der Waals surface area contributed by atoms with Gasteiger partial charge in [-0.2, -0.15) is 5.10 Å². The van der Waals surface area contributed by atoms with Crippen LogP contribution >= 0.6 is 11.6 Å². The first kappa shape index (κ1) is 14.2. The summed E-state index contributed by atoms with van der Waals surface area (Å²) in [4.78, 5) is 0. The third-order valence-electron chi connectivity index (χ3n) is 2.98. The van der Waals surface area contributed by atoms with Gasteiger partial charge in [0.25, 0.3) is 0 Å². The summed E-state index contributed by atoms with van der Waals surface area (Å²) in [6.45, 7) is 9.57. The number of nitrogens with one attached hydrogen (secondary N) is 1. The Labute approximate surface area is 118 Å². The molecule has 1 N–H and O–H groups in total. The average molecular weight is 282 g/mol. The number of halogens is 1. The quantitative estimate of drug-likeness (QED) is 0.914. The van der Waals surface area contributed by atoms with Gasteiger partial charge in [-0.05, 0) is 19.9 Å². The van der Waals surface area contributed by atoms with Gasteiger partial charge < -0.3 is 9.73 Å². The molecule has 0 aliphatic rings. The maximum atomic E-state index is 5.99. The molecule has 0 aromatic carbocycles. The van der Waals surface area contributed by atoms with Crippen molar-refractivity contribution in [3.05, 3.63) is 40.1 Å². The maximum absolute atomic E-state index is 5.99. The normalized spacial score (nSPS) is 11.5. The summed E-state index contributed by atoms with van der Waals surface area (Å²) in [5.74, 6) is 1.86. The molecule has 5 heteroatoms. The van der Waals surface area contributed by atoms with Crippen LogP contribution in [0.4, 0.5) is 0 Å². The van der Waals surface area contributed by atoms with Gasteiger partial charge >= 0.3 is 0 Å². The topological polar surface area (TPSA) is 43.0 Å². The van der Waals surface area contributed by atoms with Gasteiger partial charge in [-0.3, -0.25) is 4.68 Å². The highest BCUT2D eigenvalue weighted by molar-refractivity contribution is 6.31. The Bertz CT molecular complexity index is 538. The summed E-state index contributed by atoms with van der Waals surface area (Å²) in [6.07, 6.45) is 1.82. The number of aryl methyl sites for hydroxylation is 2. The fourth-order valence-corrected chi connectivity index (χ4v) is 2.04. The Hall–Kier alpha value is -1.26. The highest BCUT2D eigenvalue weighted by Gasteiger charge is 2.10. The van der Waals surface area contributed by atoms with Crippen LogP contribution in [0.25, 0.3) is 0 Å². The second-order valence-electron chi connectivity index (χ2n) is 5.09. The lowest BCUT2D eigenvalue weighted by Crippen LogP contribution is -2.21. The SMILES string of the molecule is Cc1nn(Cc2cc(CNC(C)C)c(C)o2)cc1Cl. The van der Waals surface area contributed by atoms with E-state index in [-0.39, 0.29) is 0 Å². The van der Waals surface area contributed by atoms with E-state index in [0.29, 0.717) is 17.6 Å². The zero-order valence-corrected chi connectivity index (χ0v) is 12.6. The van der Waals surface area contributed by atoms with Crippen LogP contribution < -0.4 is 5.32 Å². The molecule has 0 aliphatic heterocycles. The molecule has 0 saturated heterocycles. The fraction of sp³-hybridized carbons (Fsp3) is 0.500. The predicted molar refractivity (Wildman–Crippen MR) is 76.5 cm³/mol. The van der Waals surface area contributed by atoms with Crippen LogP contribution in [0.2, 0.25) is 5.02 Å². The summed E-state index contributed by atoms with van der Waals surface area (Å²) in [5.41, 5.74) is 2.03. The smallest absolute Gasteiger partial charge is 0.125 e. The molecule has 0 bridgehead atoms. The lowest BCUT2D eigenvalue weighted by molar-refractivity contribution is 0.455. The molecule has 0 unspecified atom stereocenters. The number of aromatic nitrogens is 2. The van der Waals surface area contributed by atoms with Crippen molar-refractivity contribution in [3.8, 4) is 0 Å². The molecule has 2 heterocycles. The Morgan fingerprint density at radius 2 is 2.16 bits per heavy atom. The Balaban J connectivity index is 2.07. The van der Waals surface area contributed by atoms with Crippen LogP contribution in [0.3, 0.4) is 0 Å². The monoisotopic (exact) mass is 281 g/mol. The van der Waals surface area contributed by atoms with Crippen molar-refractivity contribution in [2.45, 2.75) is 46.8 Å². The summed E-state index contributed by atoms with van der Waals surface area (Å²) in [6, 6.07) is 2.54. The van der Waals surface area contributed by atoms with E-state index >= 15 is 0 Å². The van der Waals surface area contributed by atoms with Crippen LogP contribution in [-0.4, -0.2) is 15.8 Å².